The summed E-state index contributed by atoms with van der Waals surface area (Å²) < 4.78 is 0. The fourth-order valence-corrected chi connectivity index (χ4v) is 1.87. The summed E-state index contributed by atoms with van der Waals surface area (Å²) in [5, 5.41) is 5.85. The maximum absolute atomic E-state index is 11.9. The molecule has 4 heteroatoms. The Morgan fingerprint density at radius 3 is 2.44 bits per heavy atom. The first kappa shape index (κ1) is 14.9. The van der Waals surface area contributed by atoms with Gasteiger partial charge in [0.05, 0.1) is 5.69 Å². The first-order chi connectivity index (χ1) is 8.34. The highest BCUT2D eigenvalue weighted by Gasteiger charge is 2.21. The number of urea groups is 1. The van der Waals surface area contributed by atoms with Gasteiger partial charge in [0.1, 0.15) is 0 Å². The van der Waals surface area contributed by atoms with Crippen LogP contribution in [0.2, 0.25) is 0 Å². The molecule has 0 aliphatic carbocycles. The first-order valence-corrected chi connectivity index (χ1v) is 7.27. The first-order valence-electron chi connectivity index (χ1n) is 6.05. The molecule has 1 rings (SSSR count). The lowest BCUT2D eigenvalue weighted by Gasteiger charge is -2.28. The Morgan fingerprint density at radius 2 is 1.89 bits per heavy atom. The highest BCUT2D eigenvalue weighted by atomic mass is 32.2. The van der Waals surface area contributed by atoms with Crippen LogP contribution in [0.3, 0.4) is 0 Å². The Labute approximate surface area is 114 Å². The van der Waals surface area contributed by atoms with Crippen molar-refractivity contribution in [1.82, 2.24) is 5.32 Å². The van der Waals surface area contributed by atoms with Gasteiger partial charge in [0.2, 0.25) is 0 Å². The molecule has 100 valence electrons. The van der Waals surface area contributed by atoms with Gasteiger partial charge < -0.3 is 10.6 Å². The standard InChI is InChI=1S/C14H22N2OS/c1-10(14(2,3)4)15-13(17)16-11-8-6-7-9-12(11)18-5/h6-10H,1-5H3,(H2,15,16,17). The van der Waals surface area contributed by atoms with Gasteiger partial charge in [-0.15, -0.1) is 11.8 Å². The summed E-state index contributed by atoms with van der Waals surface area (Å²) in [4.78, 5) is 13.0. The molecule has 0 aromatic heterocycles. The number of amides is 2. The van der Waals surface area contributed by atoms with E-state index in [0.29, 0.717) is 0 Å². The number of carbonyl (C=O) groups excluding carboxylic acids is 1. The van der Waals surface area contributed by atoms with E-state index in [2.05, 4.69) is 31.4 Å². The van der Waals surface area contributed by atoms with Crippen LogP contribution in [0.5, 0.6) is 0 Å². The fraction of sp³-hybridized carbons (Fsp3) is 0.500. The molecule has 0 saturated heterocycles. The lowest BCUT2D eigenvalue weighted by atomic mass is 9.88. The molecule has 0 bridgehead atoms. The molecule has 1 aromatic carbocycles. The van der Waals surface area contributed by atoms with Crippen molar-refractivity contribution in [2.75, 3.05) is 11.6 Å². The number of anilines is 1. The summed E-state index contributed by atoms with van der Waals surface area (Å²) in [6.07, 6.45) is 2.00. The van der Waals surface area contributed by atoms with Crippen LogP contribution in [0.25, 0.3) is 0 Å². The Balaban J connectivity index is 2.65. The van der Waals surface area contributed by atoms with Crippen LogP contribution in [-0.4, -0.2) is 18.3 Å². The minimum atomic E-state index is -0.154. The van der Waals surface area contributed by atoms with Gasteiger partial charge in [-0.1, -0.05) is 32.9 Å². The zero-order chi connectivity index (χ0) is 13.8. The fourth-order valence-electron chi connectivity index (χ4n) is 1.32. The third-order valence-electron chi connectivity index (χ3n) is 3.00. The molecule has 0 aliphatic rings. The second-order valence-electron chi connectivity index (χ2n) is 5.39. The second kappa shape index (κ2) is 6.14. The van der Waals surface area contributed by atoms with Gasteiger partial charge in [-0.3, -0.25) is 0 Å². The molecule has 1 unspecified atom stereocenters. The number of hydrogen-bond acceptors (Lipinski definition) is 2. The number of rotatable bonds is 3. The van der Waals surface area contributed by atoms with E-state index in [-0.39, 0.29) is 17.5 Å². The third kappa shape index (κ3) is 4.26. The van der Waals surface area contributed by atoms with Crippen LogP contribution in [0.1, 0.15) is 27.7 Å². The van der Waals surface area contributed by atoms with Gasteiger partial charge in [0, 0.05) is 10.9 Å². The molecule has 18 heavy (non-hydrogen) atoms. The molecule has 0 radical (unpaired) electrons. The summed E-state index contributed by atoms with van der Waals surface area (Å²) in [6.45, 7) is 8.33. The smallest absolute Gasteiger partial charge is 0.319 e. The van der Waals surface area contributed by atoms with E-state index < -0.39 is 0 Å². The van der Waals surface area contributed by atoms with Crippen molar-refractivity contribution in [1.29, 1.82) is 0 Å². The predicted octanol–water partition coefficient (Wildman–Crippen LogP) is 3.96. The summed E-state index contributed by atoms with van der Waals surface area (Å²) in [7, 11) is 0. The Morgan fingerprint density at radius 1 is 1.28 bits per heavy atom. The van der Waals surface area contributed by atoms with E-state index in [9.17, 15) is 4.79 Å². The molecule has 0 aliphatic heterocycles. The minimum Gasteiger partial charge on any atom is -0.335 e. The second-order valence-corrected chi connectivity index (χ2v) is 6.23. The molecular formula is C14H22N2OS. The van der Waals surface area contributed by atoms with Gasteiger partial charge in [-0.25, -0.2) is 4.79 Å². The number of nitrogens with one attached hydrogen (secondary N) is 2. The molecule has 0 fully saturated rings. The van der Waals surface area contributed by atoms with Gasteiger partial charge in [0.25, 0.3) is 0 Å². The van der Waals surface area contributed by atoms with Crippen molar-refractivity contribution in [3.63, 3.8) is 0 Å². The highest BCUT2D eigenvalue weighted by molar-refractivity contribution is 7.98. The van der Waals surface area contributed by atoms with Crippen molar-refractivity contribution in [3.05, 3.63) is 24.3 Å². The van der Waals surface area contributed by atoms with E-state index in [4.69, 9.17) is 0 Å². The van der Waals surface area contributed by atoms with Gasteiger partial charge in [0.15, 0.2) is 0 Å². The van der Waals surface area contributed by atoms with Crippen molar-refractivity contribution in [2.45, 2.75) is 38.6 Å². The van der Waals surface area contributed by atoms with Crippen molar-refractivity contribution in [3.8, 4) is 0 Å². The zero-order valence-corrected chi connectivity index (χ0v) is 12.5. The van der Waals surface area contributed by atoms with Crippen LogP contribution in [0, 0.1) is 5.41 Å². The number of thioether (sulfide) groups is 1. The maximum Gasteiger partial charge on any atom is 0.319 e. The molecule has 2 amide bonds. The summed E-state index contributed by atoms with van der Waals surface area (Å²) in [5.41, 5.74) is 0.903. The van der Waals surface area contributed by atoms with E-state index in [1.165, 1.54) is 0 Å². The van der Waals surface area contributed by atoms with Crippen molar-refractivity contribution < 1.29 is 4.79 Å². The lowest BCUT2D eigenvalue weighted by Crippen LogP contribution is -2.43. The van der Waals surface area contributed by atoms with E-state index in [1.54, 1.807) is 11.8 Å². The molecular weight excluding hydrogens is 244 g/mol. The van der Waals surface area contributed by atoms with Crippen LogP contribution in [-0.2, 0) is 0 Å². The monoisotopic (exact) mass is 266 g/mol. The van der Waals surface area contributed by atoms with Crippen LogP contribution in [0.4, 0.5) is 10.5 Å². The maximum atomic E-state index is 11.9. The van der Waals surface area contributed by atoms with Gasteiger partial charge >= 0.3 is 6.03 Å². The zero-order valence-electron chi connectivity index (χ0n) is 11.7. The summed E-state index contributed by atoms with van der Waals surface area (Å²) in [6, 6.07) is 7.74. The highest BCUT2D eigenvalue weighted by Crippen LogP contribution is 2.24. The molecule has 0 spiro atoms. The van der Waals surface area contributed by atoms with E-state index >= 15 is 0 Å². The average Bonchev–Trinajstić information content (AvgIpc) is 2.28. The molecule has 3 nitrogen and oxygen atoms in total. The van der Waals surface area contributed by atoms with E-state index in [1.807, 2.05) is 37.4 Å². The van der Waals surface area contributed by atoms with E-state index in [0.717, 1.165) is 10.6 Å². The lowest BCUT2D eigenvalue weighted by molar-refractivity contribution is 0.233. The largest absolute Gasteiger partial charge is 0.335 e. The Bertz CT molecular complexity index is 413. The topological polar surface area (TPSA) is 41.1 Å². The SMILES string of the molecule is CSc1ccccc1NC(=O)NC(C)C(C)(C)C. The van der Waals surface area contributed by atoms with Crippen LogP contribution >= 0.6 is 11.8 Å². The number of para-hydroxylation sites is 1. The van der Waals surface area contributed by atoms with Crippen LogP contribution in [0.15, 0.2) is 29.2 Å². The van der Waals surface area contributed by atoms with Crippen molar-refractivity contribution >= 4 is 23.5 Å². The Hall–Kier alpha value is -1.16. The van der Waals surface area contributed by atoms with Crippen LogP contribution < -0.4 is 10.6 Å². The number of benzene rings is 1. The molecule has 1 atom stereocenters. The van der Waals surface area contributed by atoms with Crippen molar-refractivity contribution in [2.24, 2.45) is 5.41 Å². The molecule has 1 aromatic rings. The average molecular weight is 266 g/mol. The third-order valence-corrected chi connectivity index (χ3v) is 3.80. The molecule has 2 N–H and O–H groups in total. The predicted molar refractivity (Wildman–Crippen MR) is 79.3 cm³/mol. The van der Waals surface area contributed by atoms with Gasteiger partial charge in [-0.05, 0) is 30.7 Å². The normalized spacial score (nSPS) is 12.9. The molecule has 0 saturated carbocycles. The number of hydrogen-bond donors (Lipinski definition) is 2. The Kier molecular flexibility index (Phi) is 5.08. The quantitative estimate of drug-likeness (QED) is 0.813. The summed E-state index contributed by atoms with van der Waals surface area (Å²) >= 11 is 1.62. The molecule has 0 heterocycles. The minimum absolute atomic E-state index is 0.0519. The summed E-state index contributed by atoms with van der Waals surface area (Å²) in [5.74, 6) is 0. The van der Waals surface area contributed by atoms with Gasteiger partial charge in [-0.2, -0.15) is 0 Å². The number of carbonyl (C=O) groups is 1.